The predicted octanol–water partition coefficient (Wildman–Crippen LogP) is -0.733. The van der Waals surface area contributed by atoms with Crippen LogP contribution in [-0.4, -0.2) is 51.2 Å². The maximum Gasteiger partial charge on any atom is 0.223 e. The van der Waals surface area contributed by atoms with Crippen molar-refractivity contribution in [1.29, 1.82) is 0 Å². The number of amides is 1. The van der Waals surface area contributed by atoms with Crippen LogP contribution in [0.1, 0.15) is 25.7 Å². The zero-order valence-corrected chi connectivity index (χ0v) is 10.8. The molecule has 0 atom stereocenters. The molecule has 17 heavy (non-hydrogen) atoms. The molecule has 1 amide bonds. The summed E-state index contributed by atoms with van der Waals surface area (Å²) in [5, 5.41) is 7.76. The summed E-state index contributed by atoms with van der Waals surface area (Å²) in [6.45, 7) is 2.52. The van der Waals surface area contributed by atoms with Gasteiger partial charge in [-0.05, 0) is 19.3 Å². The summed E-state index contributed by atoms with van der Waals surface area (Å²) in [4.78, 5) is 13.6. The quantitative estimate of drug-likeness (QED) is 0.618. The third kappa shape index (κ3) is 6.60. The molecule has 1 saturated heterocycles. The van der Waals surface area contributed by atoms with Crippen molar-refractivity contribution >= 4 is 15.9 Å². The summed E-state index contributed by atoms with van der Waals surface area (Å²) >= 11 is 0. The van der Waals surface area contributed by atoms with Crippen LogP contribution in [0.4, 0.5) is 0 Å². The summed E-state index contributed by atoms with van der Waals surface area (Å²) < 4.78 is 21.3. The van der Waals surface area contributed by atoms with Gasteiger partial charge in [0.2, 0.25) is 15.9 Å². The second kappa shape index (κ2) is 6.93. The molecule has 1 heterocycles. The molecular formula is C10H21N3O3S. The average Bonchev–Trinajstić information content (AvgIpc) is 2.28. The highest BCUT2D eigenvalue weighted by molar-refractivity contribution is 7.89. The minimum Gasteiger partial charge on any atom is -0.343 e. The van der Waals surface area contributed by atoms with Gasteiger partial charge in [-0.25, -0.2) is 13.6 Å². The number of sulfonamides is 1. The van der Waals surface area contributed by atoms with Crippen LogP contribution in [0.15, 0.2) is 0 Å². The Labute approximate surface area is 103 Å². The van der Waals surface area contributed by atoms with Crippen molar-refractivity contribution in [3.63, 3.8) is 0 Å². The van der Waals surface area contributed by atoms with Crippen LogP contribution in [0, 0.1) is 0 Å². The molecule has 0 bridgehead atoms. The maximum absolute atomic E-state index is 11.7. The van der Waals surface area contributed by atoms with Crippen LogP contribution in [0.2, 0.25) is 0 Å². The van der Waals surface area contributed by atoms with E-state index < -0.39 is 10.0 Å². The van der Waals surface area contributed by atoms with E-state index in [2.05, 4.69) is 5.32 Å². The van der Waals surface area contributed by atoms with E-state index in [1.54, 1.807) is 0 Å². The number of carbonyl (C=O) groups excluding carboxylic acids is 1. The lowest BCUT2D eigenvalue weighted by Crippen LogP contribution is -2.37. The van der Waals surface area contributed by atoms with Gasteiger partial charge >= 0.3 is 0 Å². The molecule has 0 radical (unpaired) electrons. The lowest BCUT2D eigenvalue weighted by molar-refractivity contribution is -0.131. The van der Waals surface area contributed by atoms with Crippen LogP contribution >= 0.6 is 0 Å². The van der Waals surface area contributed by atoms with E-state index in [1.807, 2.05) is 4.90 Å². The Morgan fingerprint density at radius 1 is 1.18 bits per heavy atom. The number of hydrogen-bond donors (Lipinski definition) is 2. The van der Waals surface area contributed by atoms with Crippen LogP contribution < -0.4 is 10.5 Å². The van der Waals surface area contributed by atoms with Crippen molar-refractivity contribution in [2.24, 2.45) is 5.14 Å². The van der Waals surface area contributed by atoms with E-state index in [4.69, 9.17) is 5.14 Å². The molecule has 0 unspecified atom stereocenters. The number of nitrogens with two attached hydrogens (primary N) is 1. The molecule has 7 heteroatoms. The highest BCUT2D eigenvalue weighted by Gasteiger charge is 2.15. The largest absolute Gasteiger partial charge is 0.343 e. The summed E-state index contributed by atoms with van der Waals surface area (Å²) in [5.41, 5.74) is 0. The fraction of sp³-hybridized carbons (Fsp3) is 0.900. The molecule has 1 rings (SSSR count). The molecule has 0 aliphatic carbocycles. The third-order valence-corrected chi connectivity index (χ3v) is 3.56. The predicted molar refractivity (Wildman–Crippen MR) is 65.9 cm³/mol. The Morgan fingerprint density at radius 3 is 2.41 bits per heavy atom. The minimum absolute atomic E-state index is 0.0924. The van der Waals surface area contributed by atoms with Crippen molar-refractivity contribution < 1.29 is 13.2 Å². The van der Waals surface area contributed by atoms with Gasteiger partial charge in [0.15, 0.2) is 0 Å². The van der Waals surface area contributed by atoms with Crippen LogP contribution in [0.25, 0.3) is 0 Å². The first-order valence-corrected chi connectivity index (χ1v) is 7.69. The summed E-state index contributed by atoms with van der Waals surface area (Å²) in [5.74, 6) is 0.0538. The van der Waals surface area contributed by atoms with Crippen molar-refractivity contribution in [3.8, 4) is 0 Å². The highest BCUT2D eigenvalue weighted by atomic mass is 32.2. The molecule has 3 N–H and O–H groups in total. The fourth-order valence-corrected chi connectivity index (χ4v) is 2.27. The molecular weight excluding hydrogens is 242 g/mol. The van der Waals surface area contributed by atoms with Crippen molar-refractivity contribution in [3.05, 3.63) is 0 Å². The van der Waals surface area contributed by atoms with Gasteiger partial charge in [-0.2, -0.15) is 0 Å². The van der Waals surface area contributed by atoms with Gasteiger partial charge in [-0.3, -0.25) is 4.79 Å². The van der Waals surface area contributed by atoms with E-state index >= 15 is 0 Å². The van der Waals surface area contributed by atoms with E-state index in [0.717, 1.165) is 25.9 Å². The molecule has 0 saturated carbocycles. The van der Waals surface area contributed by atoms with E-state index in [9.17, 15) is 13.2 Å². The summed E-state index contributed by atoms with van der Waals surface area (Å²) in [7, 11) is -3.40. The van der Waals surface area contributed by atoms with Crippen molar-refractivity contribution in [2.75, 3.05) is 31.9 Å². The first-order valence-electron chi connectivity index (χ1n) is 5.98. The average molecular weight is 263 g/mol. The molecule has 0 aromatic heterocycles. The minimum atomic E-state index is -3.40. The second-order valence-electron chi connectivity index (χ2n) is 4.31. The molecule has 1 aliphatic heterocycles. The van der Waals surface area contributed by atoms with E-state index in [0.29, 0.717) is 19.5 Å². The van der Waals surface area contributed by atoms with Crippen molar-refractivity contribution in [1.82, 2.24) is 10.2 Å². The first-order chi connectivity index (χ1) is 7.99. The Kier molecular flexibility index (Phi) is 5.87. The van der Waals surface area contributed by atoms with Crippen molar-refractivity contribution in [2.45, 2.75) is 25.7 Å². The number of nitrogens with zero attached hydrogens (tertiary/aromatic N) is 1. The smallest absolute Gasteiger partial charge is 0.223 e. The number of rotatable bonds is 6. The summed E-state index contributed by atoms with van der Waals surface area (Å²) in [6, 6.07) is 0. The molecule has 100 valence electrons. The Hall–Kier alpha value is -0.660. The SMILES string of the molecule is NS(=O)(=O)CCNCCC(=O)N1CCCCC1. The number of likely N-dealkylation sites (tertiary alicyclic amines) is 1. The standard InChI is InChI=1S/C10H21N3O3S/c11-17(15,16)9-6-12-5-4-10(14)13-7-2-1-3-8-13/h12H,1-9H2,(H2,11,15,16). The van der Waals surface area contributed by atoms with Crippen LogP contribution in [0.3, 0.4) is 0 Å². The number of piperidine rings is 1. The van der Waals surface area contributed by atoms with E-state index in [-0.39, 0.29) is 11.7 Å². The number of nitrogens with one attached hydrogen (secondary N) is 1. The Bertz CT molecular complexity index is 337. The van der Waals surface area contributed by atoms with Crippen LogP contribution in [0.5, 0.6) is 0 Å². The van der Waals surface area contributed by atoms with Gasteiger partial charge in [0.1, 0.15) is 0 Å². The second-order valence-corrected chi connectivity index (χ2v) is 6.04. The highest BCUT2D eigenvalue weighted by Crippen LogP contribution is 2.09. The molecule has 1 fully saturated rings. The maximum atomic E-state index is 11.7. The number of hydrogen-bond acceptors (Lipinski definition) is 4. The lowest BCUT2D eigenvalue weighted by Gasteiger charge is -2.26. The zero-order chi connectivity index (χ0) is 12.7. The molecule has 1 aliphatic rings. The molecule has 6 nitrogen and oxygen atoms in total. The molecule has 0 aromatic carbocycles. The van der Waals surface area contributed by atoms with Gasteiger partial charge in [0, 0.05) is 32.6 Å². The lowest BCUT2D eigenvalue weighted by atomic mass is 10.1. The Morgan fingerprint density at radius 2 is 1.82 bits per heavy atom. The van der Waals surface area contributed by atoms with Gasteiger partial charge in [0.25, 0.3) is 0 Å². The van der Waals surface area contributed by atoms with E-state index in [1.165, 1.54) is 6.42 Å². The monoisotopic (exact) mass is 263 g/mol. The number of primary sulfonamides is 1. The zero-order valence-electron chi connectivity index (χ0n) is 10.0. The normalized spacial score (nSPS) is 17.1. The molecule has 0 spiro atoms. The first kappa shape index (κ1) is 14.4. The Balaban J connectivity index is 2.07. The van der Waals surface area contributed by atoms with Gasteiger partial charge in [0.05, 0.1) is 5.75 Å². The topological polar surface area (TPSA) is 92.5 Å². The summed E-state index contributed by atoms with van der Waals surface area (Å²) in [6.07, 6.45) is 3.80. The van der Waals surface area contributed by atoms with Crippen LogP contribution in [-0.2, 0) is 14.8 Å². The van der Waals surface area contributed by atoms with Gasteiger partial charge in [-0.15, -0.1) is 0 Å². The fourth-order valence-electron chi connectivity index (χ4n) is 1.84. The number of carbonyl (C=O) groups is 1. The van der Waals surface area contributed by atoms with Gasteiger partial charge in [-0.1, -0.05) is 0 Å². The third-order valence-electron chi connectivity index (χ3n) is 2.79. The van der Waals surface area contributed by atoms with Gasteiger partial charge < -0.3 is 10.2 Å². The molecule has 0 aromatic rings.